The maximum absolute atomic E-state index is 13.7. The van der Waals surface area contributed by atoms with Crippen molar-refractivity contribution in [2.45, 2.75) is 30.4 Å². The monoisotopic (exact) mass is 422 g/mol. The zero-order valence-electron chi connectivity index (χ0n) is 14.9. The molecule has 1 amide bonds. The first-order valence-electron chi connectivity index (χ1n) is 8.26. The van der Waals surface area contributed by atoms with Gasteiger partial charge in [-0.3, -0.25) is 4.79 Å². The molecule has 0 aliphatic carbocycles. The van der Waals surface area contributed by atoms with Gasteiger partial charge >= 0.3 is 0 Å². The number of hydrogen-bond acceptors (Lipinski definition) is 7. The molecule has 0 aliphatic heterocycles. The molecule has 2 aromatic heterocycles. The Hall–Kier alpha value is -2.65. The fourth-order valence-electron chi connectivity index (χ4n) is 2.10. The third kappa shape index (κ3) is 5.20. The van der Waals surface area contributed by atoms with Crippen LogP contribution < -0.4 is 10.1 Å². The first-order chi connectivity index (χ1) is 13.4. The van der Waals surface area contributed by atoms with Gasteiger partial charge in [0.25, 0.3) is 11.1 Å². The second-order valence-electron chi connectivity index (χ2n) is 5.71. The minimum Gasteiger partial charge on any atom is -0.478 e. The highest BCUT2D eigenvalue weighted by molar-refractivity contribution is 8.00. The summed E-state index contributed by atoms with van der Waals surface area (Å²) in [7, 11) is 0. The highest BCUT2D eigenvalue weighted by atomic mass is 35.5. The first-order valence-corrected chi connectivity index (χ1v) is 9.52. The van der Waals surface area contributed by atoms with Gasteiger partial charge in [-0.1, -0.05) is 35.5 Å². The lowest BCUT2D eigenvalue weighted by Crippen LogP contribution is -2.22. The molecule has 0 unspecified atom stereocenters. The van der Waals surface area contributed by atoms with Gasteiger partial charge in [-0.25, -0.2) is 9.37 Å². The number of para-hydroxylation sites is 1. The maximum Gasteiger partial charge on any atom is 0.277 e. The van der Waals surface area contributed by atoms with Gasteiger partial charge < -0.3 is 14.5 Å². The molecule has 10 heteroatoms. The molecule has 1 N–H and O–H groups in total. The van der Waals surface area contributed by atoms with Crippen LogP contribution in [0.5, 0.6) is 5.75 Å². The number of thioether (sulfide) groups is 1. The van der Waals surface area contributed by atoms with E-state index >= 15 is 0 Å². The molecule has 146 valence electrons. The van der Waals surface area contributed by atoms with Crippen LogP contribution in [0.3, 0.4) is 0 Å². The molecule has 2 atom stereocenters. The van der Waals surface area contributed by atoms with Crippen molar-refractivity contribution >= 4 is 35.1 Å². The van der Waals surface area contributed by atoms with Crippen molar-refractivity contribution in [3.63, 3.8) is 0 Å². The third-order valence-corrected chi connectivity index (χ3v) is 4.69. The number of amides is 1. The second-order valence-corrected chi connectivity index (χ2v) is 7.44. The lowest BCUT2D eigenvalue weighted by molar-refractivity contribution is -0.115. The number of anilines is 1. The molecular formula is C18H16ClFN4O3S. The Morgan fingerprint density at radius 3 is 2.75 bits per heavy atom. The van der Waals surface area contributed by atoms with Gasteiger partial charge in [-0.2, -0.15) is 0 Å². The van der Waals surface area contributed by atoms with E-state index in [4.69, 9.17) is 20.8 Å². The Morgan fingerprint density at radius 1 is 1.25 bits per heavy atom. The van der Waals surface area contributed by atoms with Crippen LogP contribution in [0.15, 0.2) is 52.2 Å². The molecule has 0 bridgehead atoms. The molecule has 3 aromatic rings. The maximum atomic E-state index is 13.7. The minimum absolute atomic E-state index is 0.0885. The van der Waals surface area contributed by atoms with E-state index in [2.05, 4.69) is 20.5 Å². The Morgan fingerprint density at radius 2 is 2.04 bits per heavy atom. The largest absolute Gasteiger partial charge is 0.478 e. The number of nitrogens with one attached hydrogen (secondary N) is 1. The van der Waals surface area contributed by atoms with E-state index in [0.29, 0.717) is 10.8 Å². The first kappa shape index (κ1) is 20.1. The second kappa shape index (κ2) is 9.03. The summed E-state index contributed by atoms with van der Waals surface area (Å²) in [5.41, 5.74) is 0. The van der Waals surface area contributed by atoms with Gasteiger partial charge in [-0.05, 0) is 38.1 Å². The zero-order valence-corrected chi connectivity index (χ0v) is 16.5. The van der Waals surface area contributed by atoms with Crippen molar-refractivity contribution in [3.8, 4) is 5.75 Å². The fraction of sp³-hybridized carbons (Fsp3) is 0.222. The highest BCUT2D eigenvalue weighted by Crippen LogP contribution is 2.27. The smallest absolute Gasteiger partial charge is 0.277 e. The number of pyridine rings is 1. The van der Waals surface area contributed by atoms with Gasteiger partial charge in [0.05, 0.1) is 10.3 Å². The molecule has 7 nitrogen and oxygen atoms in total. The topological polar surface area (TPSA) is 90.1 Å². The van der Waals surface area contributed by atoms with Crippen LogP contribution in [-0.4, -0.2) is 26.3 Å². The summed E-state index contributed by atoms with van der Waals surface area (Å²) in [5.74, 6) is -0.108. The van der Waals surface area contributed by atoms with Crippen molar-refractivity contribution in [3.05, 3.63) is 59.3 Å². The molecule has 0 saturated heterocycles. The third-order valence-electron chi connectivity index (χ3n) is 3.54. The van der Waals surface area contributed by atoms with Crippen molar-refractivity contribution in [2.24, 2.45) is 0 Å². The average molecular weight is 423 g/mol. The Kier molecular flexibility index (Phi) is 6.48. The number of carbonyl (C=O) groups is 1. The van der Waals surface area contributed by atoms with E-state index < -0.39 is 17.2 Å². The quantitative estimate of drug-likeness (QED) is 0.560. The van der Waals surface area contributed by atoms with Gasteiger partial charge in [0.1, 0.15) is 5.82 Å². The van der Waals surface area contributed by atoms with Gasteiger partial charge in [-0.15, -0.1) is 10.2 Å². The molecule has 0 aliphatic rings. The normalized spacial score (nSPS) is 13.0. The van der Waals surface area contributed by atoms with Crippen LogP contribution in [0, 0.1) is 5.82 Å². The standard InChI is InChI=1S/C18H16ClFN4O3S/c1-10(26-14-6-4-3-5-13(14)20)17-23-24-18(27-17)28-11(2)16(25)22-15-8-7-12(19)9-21-15/h3-11H,1-2H3,(H,21,22,25)/t10-,11+/m0/s1. The number of hydrogen-bond donors (Lipinski definition) is 1. The molecule has 3 rings (SSSR count). The number of aromatic nitrogens is 3. The van der Waals surface area contributed by atoms with Crippen molar-refractivity contribution in [1.29, 1.82) is 0 Å². The number of ether oxygens (including phenoxy) is 1. The van der Waals surface area contributed by atoms with Crippen LogP contribution in [-0.2, 0) is 4.79 Å². The predicted octanol–water partition coefficient (Wildman–Crippen LogP) is 4.52. The van der Waals surface area contributed by atoms with E-state index in [1.54, 1.807) is 38.1 Å². The van der Waals surface area contributed by atoms with E-state index in [-0.39, 0.29) is 22.8 Å². The number of nitrogens with zero attached hydrogens (tertiary/aromatic N) is 3. The Labute approximate surface area is 169 Å². The van der Waals surface area contributed by atoms with E-state index in [1.807, 2.05) is 0 Å². The molecule has 0 saturated carbocycles. The Balaban J connectivity index is 1.58. The summed E-state index contributed by atoms with van der Waals surface area (Å²) in [6.45, 7) is 3.36. The molecule has 0 fully saturated rings. The lowest BCUT2D eigenvalue weighted by Gasteiger charge is -2.11. The lowest BCUT2D eigenvalue weighted by atomic mass is 10.3. The minimum atomic E-state index is -0.652. The van der Waals surface area contributed by atoms with Gasteiger partial charge in [0.15, 0.2) is 17.7 Å². The van der Waals surface area contributed by atoms with Crippen molar-refractivity contribution in [1.82, 2.24) is 15.2 Å². The molecule has 1 aromatic carbocycles. The van der Waals surface area contributed by atoms with Crippen LogP contribution >= 0.6 is 23.4 Å². The van der Waals surface area contributed by atoms with Crippen LogP contribution in [0.1, 0.15) is 25.8 Å². The summed E-state index contributed by atoms with van der Waals surface area (Å²) >= 11 is 6.85. The number of benzene rings is 1. The summed E-state index contributed by atoms with van der Waals surface area (Å²) < 4.78 is 24.7. The van der Waals surface area contributed by atoms with Gasteiger partial charge in [0.2, 0.25) is 5.91 Å². The molecule has 28 heavy (non-hydrogen) atoms. The van der Waals surface area contributed by atoms with Crippen molar-refractivity contribution in [2.75, 3.05) is 5.32 Å². The van der Waals surface area contributed by atoms with Crippen molar-refractivity contribution < 1.29 is 18.3 Å². The molecule has 0 radical (unpaired) electrons. The average Bonchev–Trinajstić information content (AvgIpc) is 3.14. The highest BCUT2D eigenvalue weighted by Gasteiger charge is 2.21. The SMILES string of the molecule is C[C@H](Oc1ccccc1F)c1nnc(S[C@H](C)C(=O)Nc2ccc(Cl)cn2)o1. The summed E-state index contributed by atoms with van der Waals surface area (Å²) in [6.07, 6.45) is 0.789. The molecule has 2 heterocycles. The fourth-order valence-corrected chi connectivity index (χ4v) is 2.90. The van der Waals surface area contributed by atoms with Crippen LogP contribution in [0.25, 0.3) is 0 Å². The molecule has 0 spiro atoms. The summed E-state index contributed by atoms with van der Waals surface area (Å²) in [5, 5.41) is 10.6. The van der Waals surface area contributed by atoms with Crippen LogP contribution in [0.4, 0.5) is 10.2 Å². The Bertz CT molecular complexity index is 954. The molecular weight excluding hydrogens is 407 g/mol. The van der Waals surface area contributed by atoms with Crippen LogP contribution in [0.2, 0.25) is 5.02 Å². The van der Waals surface area contributed by atoms with E-state index in [1.165, 1.54) is 18.3 Å². The number of rotatable bonds is 7. The summed E-state index contributed by atoms with van der Waals surface area (Å²) in [4.78, 5) is 16.3. The summed E-state index contributed by atoms with van der Waals surface area (Å²) in [6, 6.07) is 9.27. The number of carbonyl (C=O) groups excluding carboxylic acids is 1. The van der Waals surface area contributed by atoms with Gasteiger partial charge in [0, 0.05) is 6.20 Å². The number of halogens is 2. The predicted molar refractivity (Wildman–Crippen MR) is 103 cm³/mol. The van der Waals surface area contributed by atoms with E-state index in [9.17, 15) is 9.18 Å². The van der Waals surface area contributed by atoms with E-state index in [0.717, 1.165) is 11.8 Å². The zero-order chi connectivity index (χ0) is 20.1.